The Morgan fingerprint density at radius 1 is 1.45 bits per heavy atom. The molecule has 0 heterocycles. The first kappa shape index (κ1) is 9.15. The lowest BCUT2D eigenvalue weighted by molar-refractivity contribution is 0.487. The van der Waals surface area contributed by atoms with E-state index in [2.05, 4.69) is 19.9 Å². The molecule has 62 valence electrons. The molecule has 0 nitrogen and oxygen atoms in total. The van der Waals surface area contributed by atoms with Crippen molar-refractivity contribution in [1.29, 1.82) is 0 Å². The van der Waals surface area contributed by atoms with Gasteiger partial charge in [0, 0.05) is 10.4 Å². The van der Waals surface area contributed by atoms with E-state index in [1.807, 2.05) is 13.0 Å². The van der Waals surface area contributed by atoms with Gasteiger partial charge < -0.3 is 0 Å². The molecule has 0 saturated carbocycles. The largest absolute Gasteiger partial charge is 0.117 e. The van der Waals surface area contributed by atoms with Crippen LogP contribution in [0.25, 0.3) is 0 Å². The van der Waals surface area contributed by atoms with Gasteiger partial charge in [0.25, 0.3) is 0 Å². The van der Waals surface area contributed by atoms with Crippen molar-refractivity contribution in [1.82, 2.24) is 0 Å². The molecule has 1 atom stereocenters. The second-order valence-corrected chi connectivity index (χ2v) is 4.44. The van der Waals surface area contributed by atoms with Crippen molar-refractivity contribution >= 4 is 23.2 Å². The predicted octanol–water partition coefficient (Wildman–Crippen LogP) is 3.70. The highest BCUT2D eigenvalue weighted by Gasteiger charge is 2.27. The normalized spacial score (nSPS) is 29.4. The molecule has 2 heteroatoms. The van der Waals surface area contributed by atoms with E-state index in [0.717, 1.165) is 10.6 Å². The number of hydrogen-bond acceptors (Lipinski definition) is 0. The number of alkyl halides is 1. The van der Waals surface area contributed by atoms with Crippen molar-refractivity contribution < 1.29 is 0 Å². The summed E-state index contributed by atoms with van der Waals surface area (Å²) >= 11 is 12.0. The average Bonchev–Trinajstić information content (AvgIpc) is 1.83. The highest BCUT2D eigenvalue weighted by atomic mass is 35.5. The van der Waals surface area contributed by atoms with E-state index in [1.165, 1.54) is 0 Å². The lowest BCUT2D eigenvalue weighted by Crippen LogP contribution is -2.23. The van der Waals surface area contributed by atoms with Crippen molar-refractivity contribution in [3.8, 4) is 0 Å². The Balaban J connectivity index is 2.98. The summed E-state index contributed by atoms with van der Waals surface area (Å²) < 4.78 is 0. The Hall–Kier alpha value is 0.0600. The molecule has 0 saturated heterocycles. The van der Waals surface area contributed by atoms with Gasteiger partial charge in [0.05, 0.1) is 5.38 Å². The average molecular weight is 191 g/mol. The monoisotopic (exact) mass is 190 g/mol. The zero-order chi connectivity index (χ0) is 8.65. The minimum atomic E-state index is 0.0127. The Morgan fingerprint density at radius 2 is 2.00 bits per heavy atom. The third kappa shape index (κ3) is 1.80. The molecule has 0 spiro atoms. The summed E-state index contributed by atoms with van der Waals surface area (Å²) in [5.41, 5.74) is 1.15. The van der Waals surface area contributed by atoms with Crippen LogP contribution in [0.1, 0.15) is 20.8 Å². The molecular weight excluding hydrogens is 179 g/mol. The third-order valence-electron chi connectivity index (χ3n) is 1.97. The molecule has 1 aliphatic carbocycles. The molecule has 0 aromatic heterocycles. The lowest BCUT2D eigenvalue weighted by atomic mass is 9.83. The SMILES string of the molecule is CC1=CC(C)(C)C(Cl)C=C1Cl. The fraction of sp³-hybridized carbons (Fsp3) is 0.556. The van der Waals surface area contributed by atoms with Gasteiger partial charge in [-0.1, -0.05) is 31.5 Å². The summed E-state index contributed by atoms with van der Waals surface area (Å²) in [7, 11) is 0. The quantitative estimate of drug-likeness (QED) is 0.512. The number of hydrogen-bond donors (Lipinski definition) is 0. The van der Waals surface area contributed by atoms with E-state index in [-0.39, 0.29) is 10.8 Å². The topological polar surface area (TPSA) is 0 Å². The lowest BCUT2D eigenvalue weighted by Gasteiger charge is -2.29. The second-order valence-electron chi connectivity index (χ2n) is 3.57. The van der Waals surface area contributed by atoms with Crippen LogP contribution in [-0.2, 0) is 0 Å². The molecule has 0 aliphatic heterocycles. The summed E-state index contributed by atoms with van der Waals surface area (Å²) in [6, 6.07) is 0. The van der Waals surface area contributed by atoms with Gasteiger partial charge in [-0.2, -0.15) is 0 Å². The predicted molar refractivity (Wildman–Crippen MR) is 51.1 cm³/mol. The molecule has 0 N–H and O–H groups in total. The van der Waals surface area contributed by atoms with Gasteiger partial charge in [-0.15, -0.1) is 11.6 Å². The van der Waals surface area contributed by atoms with Crippen LogP contribution in [-0.4, -0.2) is 5.38 Å². The Labute approximate surface area is 77.9 Å². The maximum absolute atomic E-state index is 6.06. The first-order valence-corrected chi connectivity index (χ1v) is 4.46. The van der Waals surface area contributed by atoms with Crippen LogP contribution < -0.4 is 0 Å². The van der Waals surface area contributed by atoms with Crippen LogP contribution in [0.15, 0.2) is 22.8 Å². The fourth-order valence-corrected chi connectivity index (χ4v) is 1.62. The van der Waals surface area contributed by atoms with E-state index in [4.69, 9.17) is 23.2 Å². The Morgan fingerprint density at radius 3 is 2.45 bits per heavy atom. The first-order chi connectivity index (χ1) is 4.93. The fourth-order valence-electron chi connectivity index (χ4n) is 1.18. The first-order valence-electron chi connectivity index (χ1n) is 3.65. The number of rotatable bonds is 0. The summed E-state index contributed by atoms with van der Waals surface area (Å²) in [5.74, 6) is 0. The minimum absolute atomic E-state index is 0.0127. The van der Waals surface area contributed by atoms with Gasteiger partial charge in [0.1, 0.15) is 0 Å². The molecule has 1 aliphatic rings. The van der Waals surface area contributed by atoms with E-state index < -0.39 is 0 Å². The molecule has 1 unspecified atom stereocenters. The van der Waals surface area contributed by atoms with E-state index >= 15 is 0 Å². The van der Waals surface area contributed by atoms with Crippen LogP contribution in [0.4, 0.5) is 0 Å². The van der Waals surface area contributed by atoms with E-state index in [1.54, 1.807) is 0 Å². The molecule has 11 heavy (non-hydrogen) atoms. The summed E-state index contributed by atoms with van der Waals surface area (Å²) in [4.78, 5) is 0. The van der Waals surface area contributed by atoms with Gasteiger partial charge in [0.2, 0.25) is 0 Å². The van der Waals surface area contributed by atoms with Crippen LogP contribution in [0, 0.1) is 5.41 Å². The highest BCUT2D eigenvalue weighted by Crippen LogP contribution is 2.37. The second kappa shape index (κ2) is 2.84. The summed E-state index contributed by atoms with van der Waals surface area (Å²) in [6.45, 7) is 6.21. The van der Waals surface area contributed by atoms with Crippen LogP contribution in [0.3, 0.4) is 0 Å². The van der Waals surface area contributed by atoms with Gasteiger partial charge >= 0.3 is 0 Å². The molecule has 1 rings (SSSR count). The van der Waals surface area contributed by atoms with Gasteiger partial charge in [0.15, 0.2) is 0 Å². The smallest absolute Gasteiger partial charge is 0.0618 e. The molecule has 0 fully saturated rings. The molecular formula is C9H12Cl2. The standard InChI is InChI=1S/C9H12Cl2/c1-6-5-9(2,3)8(11)4-7(6)10/h4-5,8H,1-3H3. The van der Waals surface area contributed by atoms with Crippen LogP contribution >= 0.6 is 23.2 Å². The van der Waals surface area contributed by atoms with Crippen molar-refractivity contribution in [2.45, 2.75) is 26.1 Å². The third-order valence-corrected chi connectivity index (χ3v) is 3.08. The highest BCUT2D eigenvalue weighted by molar-refractivity contribution is 6.33. The molecule has 0 bridgehead atoms. The molecule has 0 amide bonds. The maximum Gasteiger partial charge on any atom is 0.0618 e. The van der Waals surface area contributed by atoms with Crippen molar-refractivity contribution in [2.24, 2.45) is 5.41 Å². The molecule has 0 aromatic rings. The van der Waals surface area contributed by atoms with Crippen LogP contribution in [0.2, 0.25) is 0 Å². The summed E-state index contributed by atoms with van der Waals surface area (Å²) in [5, 5.41) is 0.794. The molecule has 0 radical (unpaired) electrons. The zero-order valence-corrected chi connectivity index (χ0v) is 8.50. The Kier molecular flexibility index (Phi) is 2.36. The van der Waals surface area contributed by atoms with Gasteiger partial charge in [-0.3, -0.25) is 0 Å². The maximum atomic E-state index is 6.06. The number of allylic oxidation sites excluding steroid dienone is 4. The van der Waals surface area contributed by atoms with Crippen molar-refractivity contribution in [2.75, 3.05) is 0 Å². The molecule has 0 aromatic carbocycles. The van der Waals surface area contributed by atoms with Gasteiger partial charge in [-0.25, -0.2) is 0 Å². The summed E-state index contributed by atoms with van der Waals surface area (Å²) in [6.07, 6.45) is 4.02. The van der Waals surface area contributed by atoms with E-state index in [0.29, 0.717) is 0 Å². The van der Waals surface area contributed by atoms with E-state index in [9.17, 15) is 0 Å². The zero-order valence-electron chi connectivity index (χ0n) is 6.99. The van der Waals surface area contributed by atoms with Crippen LogP contribution in [0.5, 0.6) is 0 Å². The van der Waals surface area contributed by atoms with Crippen molar-refractivity contribution in [3.05, 3.63) is 22.8 Å². The number of halogens is 2. The Bertz CT molecular complexity index is 224. The van der Waals surface area contributed by atoms with Gasteiger partial charge in [-0.05, 0) is 18.6 Å². The minimum Gasteiger partial charge on any atom is -0.117 e. The van der Waals surface area contributed by atoms with Crippen molar-refractivity contribution in [3.63, 3.8) is 0 Å².